The molecule has 3 aromatic carbocycles. The summed E-state index contributed by atoms with van der Waals surface area (Å²) in [5.41, 5.74) is 4.16. The number of benzene rings is 3. The van der Waals surface area contributed by atoms with E-state index >= 15 is 0 Å². The minimum Gasteiger partial charge on any atom is -0.252 e. The second kappa shape index (κ2) is 7.03. The maximum Gasteiger partial charge on any atom is 0.123 e. The van der Waals surface area contributed by atoms with Crippen LogP contribution in [0.1, 0.15) is 22.8 Å². The summed E-state index contributed by atoms with van der Waals surface area (Å²) in [5.74, 6) is -0.214. The number of hydrogen-bond donors (Lipinski definition) is 0. The molecule has 0 spiro atoms. The minimum atomic E-state index is -0.214. The van der Waals surface area contributed by atoms with E-state index in [1.54, 1.807) is 11.8 Å². The molecular weight excluding hydrogens is 353 g/mol. The molecule has 1 aliphatic heterocycles. The molecule has 0 amide bonds. The lowest BCUT2D eigenvalue weighted by Crippen LogP contribution is -2.05. The van der Waals surface area contributed by atoms with Gasteiger partial charge in [0, 0.05) is 27.3 Å². The van der Waals surface area contributed by atoms with Crippen molar-refractivity contribution >= 4 is 34.8 Å². The minimum absolute atomic E-state index is 0.179. The fourth-order valence-corrected chi connectivity index (χ4v) is 4.26. The summed E-state index contributed by atoms with van der Waals surface area (Å²) in [6, 6.07) is 22.7. The van der Waals surface area contributed by atoms with E-state index < -0.39 is 0 Å². The first-order valence-corrected chi connectivity index (χ1v) is 9.29. The molecule has 1 atom stereocenters. The van der Waals surface area contributed by atoms with Crippen molar-refractivity contribution in [3.8, 4) is 0 Å². The third kappa shape index (κ3) is 3.63. The Hall–Kier alpha value is -2.10. The molecular formula is C21H15ClFNS. The van der Waals surface area contributed by atoms with Crippen LogP contribution in [0.4, 0.5) is 10.1 Å². The standard InChI is InChI=1S/C21H15ClFNS/c22-16-9-5-14(6-10-16)19-13-21(15-7-11-17(23)12-8-15)25-20-4-2-1-3-18(20)24-19/h1-12,21H,13H2/t21-/m1/s1. The molecule has 124 valence electrons. The highest BCUT2D eigenvalue weighted by Gasteiger charge is 2.22. The lowest BCUT2D eigenvalue weighted by atomic mass is 10.0. The molecule has 0 radical (unpaired) electrons. The zero-order chi connectivity index (χ0) is 17.2. The number of thioether (sulfide) groups is 1. The molecule has 1 nitrogen and oxygen atoms in total. The number of nitrogens with zero attached hydrogens (tertiary/aromatic N) is 1. The molecule has 0 aromatic heterocycles. The van der Waals surface area contributed by atoms with Gasteiger partial charge in [-0.05, 0) is 47.5 Å². The van der Waals surface area contributed by atoms with Gasteiger partial charge in [0.15, 0.2) is 0 Å². The van der Waals surface area contributed by atoms with Crippen LogP contribution >= 0.6 is 23.4 Å². The number of aliphatic imine (C=N–C) groups is 1. The van der Waals surface area contributed by atoms with E-state index in [4.69, 9.17) is 16.6 Å². The van der Waals surface area contributed by atoms with Crippen molar-refractivity contribution < 1.29 is 4.39 Å². The quantitative estimate of drug-likeness (QED) is 0.483. The molecule has 0 saturated carbocycles. The van der Waals surface area contributed by atoms with Crippen molar-refractivity contribution in [2.24, 2.45) is 4.99 Å². The largest absolute Gasteiger partial charge is 0.252 e. The Bertz CT molecular complexity index is 919. The molecule has 3 aromatic rings. The van der Waals surface area contributed by atoms with Gasteiger partial charge in [0.05, 0.1) is 5.69 Å². The van der Waals surface area contributed by atoms with Crippen molar-refractivity contribution in [1.29, 1.82) is 0 Å². The van der Waals surface area contributed by atoms with Crippen molar-refractivity contribution in [3.63, 3.8) is 0 Å². The highest BCUT2D eigenvalue weighted by Crippen LogP contribution is 2.45. The average molecular weight is 368 g/mol. The van der Waals surface area contributed by atoms with Crippen molar-refractivity contribution in [3.05, 3.63) is 94.8 Å². The van der Waals surface area contributed by atoms with E-state index in [1.807, 2.05) is 54.6 Å². The highest BCUT2D eigenvalue weighted by atomic mass is 35.5. The van der Waals surface area contributed by atoms with Crippen LogP contribution in [-0.2, 0) is 0 Å². The van der Waals surface area contributed by atoms with Crippen LogP contribution in [0.15, 0.2) is 82.7 Å². The third-order valence-electron chi connectivity index (χ3n) is 4.19. The maximum absolute atomic E-state index is 13.3. The second-order valence-corrected chi connectivity index (χ2v) is 7.58. The van der Waals surface area contributed by atoms with Gasteiger partial charge in [-0.1, -0.05) is 48.0 Å². The van der Waals surface area contributed by atoms with Gasteiger partial charge in [-0.15, -0.1) is 11.8 Å². The van der Waals surface area contributed by atoms with Crippen molar-refractivity contribution in [2.75, 3.05) is 0 Å². The van der Waals surface area contributed by atoms with Crippen LogP contribution in [0.2, 0.25) is 5.02 Å². The summed E-state index contributed by atoms with van der Waals surface area (Å²) in [5, 5.41) is 0.890. The summed E-state index contributed by atoms with van der Waals surface area (Å²) in [4.78, 5) is 6.05. The average Bonchev–Trinajstić information content (AvgIpc) is 2.82. The summed E-state index contributed by atoms with van der Waals surface area (Å²) in [6.07, 6.45) is 0.770. The number of hydrogen-bond acceptors (Lipinski definition) is 2. The third-order valence-corrected chi connectivity index (χ3v) is 5.76. The molecule has 1 heterocycles. The number of para-hydroxylation sites is 1. The van der Waals surface area contributed by atoms with Gasteiger partial charge in [0.2, 0.25) is 0 Å². The smallest absolute Gasteiger partial charge is 0.123 e. The monoisotopic (exact) mass is 367 g/mol. The molecule has 4 heteroatoms. The van der Waals surface area contributed by atoms with Gasteiger partial charge in [-0.25, -0.2) is 4.39 Å². The van der Waals surface area contributed by atoms with Gasteiger partial charge in [-0.2, -0.15) is 0 Å². The van der Waals surface area contributed by atoms with E-state index in [-0.39, 0.29) is 11.1 Å². The molecule has 0 fully saturated rings. The Morgan fingerprint density at radius 3 is 2.40 bits per heavy atom. The maximum atomic E-state index is 13.3. The number of fused-ring (bicyclic) bond motifs is 1. The molecule has 4 rings (SSSR count). The molecule has 0 saturated heterocycles. The highest BCUT2D eigenvalue weighted by molar-refractivity contribution is 7.99. The van der Waals surface area contributed by atoms with E-state index in [1.165, 1.54) is 12.1 Å². The van der Waals surface area contributed by atoms with Crippen LogP contribution in [0.5, 0.6) is 0 Å². The Morgan fingerprint density at radius 1 is 0.920 bits per heavy atom. The number of rotatable bonds is 2. The van der Waals surface area contributed by atoms with Crippen molar-refractivity contribution in [2.45, 2.75) is 16.6 Å². The first-order valence-electron chi connectivity index (χ1n) is 8.04. The SMILES string of the molecule is Fc1ccc([C@H]2CC(c3ccc(Cl)cc3)=Nc3ccccc3S2)cc1. The second-order valence-electron chi connectivity index (χ2n) is 5.90. The van der Waals surface area contributed by atoms with E-state index in [9.17, 15) is 4.39 Å². The lowest BCUT2D eigenvalue weighted by Gasteiger charge is -2.16. The zero-order valence-electron chi connectivity index (χ0n) is 13.3. The molecule has 1 aliphatic rings. The Labute approximate surface area is 155 Å². The summed E-state index contributed by atoms with van der Waals surface area (Å²) in [7, 11) is 0. The fourth-order valence-electron chi connectivity index (χ4n) is 2.90. The van der Waals surface area contributed by atoms with Gasteiger partial charge in [0.25, 0.3) is 0 Å². The summed E-state index contributed by atoms with van der Waals surface area (Å²) >= 11 is 7.80. The summed E-state index contributed by atoms with van der Waals surface area (Å²) < 4.78 is 13.3. The van der Waals surface area contributed by atoms with Gasteiger partial charge < -0.3 is 0 Å². The lowest BCUT2D eigenvalue weighted by molar-refractivity contribution is 0.627. The fraction of sp³-hybridized carbons (Fsp3) is 0.0952. The Kier molecular flexibility index (Phi) is 4.60. The molecule has 0 aliphatic carbocycles. The van der Waals surface area contributed by atoms with E-state index in [0.717, 1.165) is 33.8 Å². The topological polar surface area (TPSA) is 12.4 Å². The normalized spacial score (nSPS) is 16.7. The first-order chi connectivity index (χ1) is 12.2. The van der Waals surface area contributed by atoms with E-state index in [2.05, 4.69) is 6.07 Å². The zero-order valence-corrected chi connectivity index (χ0v) is 14.9. The van der Waals surface area contributed by atoms with Gasteiger partial charge >= 0.3 is 0 Å². The number of halogens is 2. The Balaban J connectivity index is 1.78. The van der Waals surface area contributed by atoms with Crippen LogP contribution in [0, 0.1) is 5.82 Å². The first kappa shape index (κ1) is 16.4. The van der Waals surface area contributed by atoms with Crippen LogP contribution < -0.4 is 0 Å². The predicted molar refractivity (Wildman–Crippen MR) is 104 cm³/mol. The van der Waals surface area contributed by atoms with E-state index in [0.29, 0.717) is 5.02 Å². The van der Waals surface area contributed by atoms with Crippen LogP contribution in [-0.4, -0.2) is 5.71 Å². The van der Waals surface area contributed by atoms with Crippen LogP contribution in [0.3, 0.4) is 0 Å². The van der Waals surface area contributed by atoms with Gasteiger partial charge in [-0.3, -0.25) is 4.99 Å². The predicted octanol–water partition coefficient (Wildman–Crippen LogP) is 6.84. The summed E-state index contributed by atoms with van der Waals surface area (Å²) in [6.45, 7) is 0. The van der Waals surface area contributed by atoms with Crippen LogP contribution in [0.25, 0.3) is 0 Å². The molecule has 0 bridgehead atoms. The molecule has 0 N–H and O–H groups in total. The van der Waals surface area contributed by atoms with Crippen molar-refractivity contribution in [1.82, 2.24) is 0 Å². The Morgan fingerprint density at radius 2 is 1.64 bits per heavy atom. The molecule has 0 unspecified atom stereocenters. The van der Waals surface area contributed by atoms with Gasteiger partial charge in [0.1, 0.15) is 5.82 Å². The molecule has 25 heavy (non-hydrogen) atoms.